The fourth-order valence-electron chi connectivity index (χ4n) is 1.13. The van der Waals surface area contributed by atoms with Crippen molar-refractivity contribution in [1.29, 1.82) is 0 Å². The number of halogens is 2. The lowest BCUT2D eigenvalue weighted by atomic mass is 10.3. The third kappa shape index (κ3) is 3.10. The largest absolute Gasteiger partial charge is 0.207 e. The van der Waals surface area contributed by atoms with Crippen molar-refractivity contribution in [1.82, 2.24) is 0 Å². The third-order valence-electron chi connectivity index (χ3n) is 1.93. The molecule has 0 atom stereocenters. The second-order valence-corrected chi connectivity index (χ2v) is 4.40. The van der Waals surface area contributed by atoms with E-state index in [4.69, 9.17) is 0 Å². The van der Waals surface area contributed by atoms with Gasteiger partial charge in [-0.1, -0.05) is 0 Å². The van der Waals surface area contributed by atoms with Crippen molar-refractivity contribution in [3.05, 3.63) is 57.9 Å². The number of hydrogen-bond acceptors (Lipinski definition) is 2. The van der Waals surface area contributed by atoms with Gasteiger partial charge in [0.15, 0.2) is 0 Å². The Morgan fingerprint density at radius 1 is 0.750 bits per heavy atom. The van der Waals surface area contributed by atoms with E-state index in [1.54, 1.807) is 12.1 Å². The molecule has 0 aliphatic carbocycles. The minimum atomic E-state index is -0.270. The second kappa shape index (κ2) is 5.16. The van der Waals surface area contributed by atoms with Gasteiger partial charge in [-0.15, -0.1) is 0 Å². The lowest BCUT2D eigenvalue weighted by Crippen LogP contribution is -1.70. The first kappa shape index (κ1) is 11.2. The van der Waals surface area contributed by atoms with E-state index in [1.165, 1.54) is 12.1 Å². The molecule has 0 aliphatic rings. The minimum absolute atomic E-state index is 0.270. The highest BCUT2D eigenvalue weighted by atomic mass is 127. The molecule has 0 amide bonds. The first-order chi connectivity index (χ1) is 7.74. The van der Waals surface area contributed by atoms with E-state index in [-0.39, 0.29) is 5.82 Å². The van der Waals surface area contributed by atoms with Crippen LogP contribution in [0.2, 0.25) is 0 Å². The standard InChI is InChI=1S/C12H8FIN2/c13-9-1-5-11(6-2-9)15-16-12-7-3-10(14)4-8-12/h1-8H. The summed E-state index contributed by atoms with van der Waals surface area (Å²) in [6.45, 7) is 0. The van der Waals surface area contributed by atoms with E-state index in [9.17, 15) is 4.39 Å². The second-order valence-electron chi connectivity index (χ2n) is 3.15. The highest BCUT2D eigenvalue weighted by molar-refractivity contribution is 14.1. The van der Waals surface area contributed by atoms with Crippen LogP contribution in [0.3, 0.4) is 0 Å². The number of azo groups is 1. The summed E-state index contributed by atoms with van der Waals surface area (Å²) in [4.78, 5) is 0. The lowest BCUT2D eigenvalue weighted by molar-refractivity contribution is 0.628. The zero-order valence-corrected chi connectivity index (χ0v) is 10.4. The van der Waals surface area contributed by atoms with E-state index >= 15 is 0 Å². The van der Waals surface area contributed by atoms with Crippen LogP contribution in [0, 0.1) is 9.39 Å². The monoisotopic (exact) mass is 326 g/mol. The van der Waals surface area contributed by atoms with Crippen molar-refractivity contribution in [3.63, 3.8) is 0 Å². The molecule has 0 saturated carbocycles. The first-order valence-corrected chi connectivity index (χ1v) is 5.75. The summed E-state index contributed by atoms with van der Waals surface area (Å²) in [5, 5.41) is 8.05. The van der Waals surface area contributed by atoms with Gasteiger partial charge in [0.05, 0.1) is 11.4 Å². The Hall–Kier alpha value is -1.30. The molecule has 80 valence electrons. The van der Waals surface area contributed by atoms with E-state index in [2.05, 4.69) is 32.8 Å². The quantitative estimate of drug-likeness (QED) is 0.557. The summed E-state index contributed by atoms with van der Waals surface area (Å²) in [5.41, 5.74) is 1.42. The van der Waals surface area contributed by atoms with E-state index in [0.29, 0.717) is 5.69 Å². The van der Waals surface area contributed by atoms with E-state index in [0.717, 1.165) is 9.26 Å². The van der Waals surface area contributed by atoms with Gasteiger partial charge >= 0.3 is 0 Å². The van der Waals surface area contributed by atoms with E-state index < -0.39 is 0 Å². The summed E-state index contributed by atoms with van der Waals surface area (Å²) in [6.07, 6.45) is 0. The molecule has 0 aliphatic heterocycles. The maximum atomic E-state index is 12.6. The summed E-state index contributed by atoms with van der Waals surface area (Å²) in [7, 11) is 0. The first-order valence-electron chi connectivity index (χ1n) is 4.67. The van der Waals surface area contributed by atoms with Crippen molar-refractivity contribution < 1.29 is 4.39 Å². The van der Waals surface area contributed by atoms with Crippen molar-refractivity contribution in [2.45, 2.75) is 0 Å². The molecule has 16 heavy (non-hydrogen) atoms. The van der Waals surface area contributed by atoms with E-state index in [1.807, 2.05) is 24.3 Å². The van der Waals surface area contributed by atoms with Crippen LogP contribution in [-0.2, 0) is 0 Å². The Morgan fingerprint density at radius 3 is 1.69 bits per heavy atom. The van der Waals surface area contributed by atoms with Crippen LogP contribution >= 0.6 is 22.6 Å². The molecule has 2 nitrogen and oxygen atoms in total. The summed E-state index contributed by atoms with van der Waals surface area (Å²) in [6, 6.07) is 13.6. The molecule has 2 rings (SSSR count). The normalized spacial score (nSPS) is 10.9. The fraction of sp³-hybridized carbons (Fsp3) is 0. The average molecular weight is 326 g/mol. The van der Waals surface area contributed by atoms with Gasteiger partial charge in [0.25, 0.3) is 0 Å². The molecule has 0 unspecified atom stereocenters. The van der Waals surface area contributed by atoms with Crippen LogP contribution in [-0.4, -0.2) is 0 Å². The van der Waals surface area contributed by atoms with Gasteiger partial charge in [-0.2, -0.15) is 10.2 Å². The predicted octanol–water partition coefficient (Wildman–Crippen LogP) is 4.85. The Bertz CT molecular complexity index is 444. The van der Waals surface area contributed by atoms with Crippen LogP contribution in [0.5, 0.6) is 0 Å². The van der Waals surface area contributed by atoms with Crippen molar-refractivity contribution in [3.8, 4) is 0 Å². The highest BCUT2D eigenvalue weighted by Gasteiger charge is 1.92. The lowest BCUT2D eigenvalue weighted by Gasteiger charge is -1.93. The van der Waals surface area contributed by atoms with Crippen molar-refractivity contribution >= 4 is 34.0 Å². The number of rotatable bonds is 2. The summed E-state index contributed by atoms with van der Waals surface area (Å²) in [5.74, 6) is -0.270. The molecule has 0 heterocycles. The summed E-state index contributed by atoms with van der Waals surface area (Å²) < 4.78 is 13.8. The molecule has 4 heteroatoms. The highest BCUT2D eigenvalue weighted by Crippen LogP contribution is 2.19. The van der Waals surface area contributed by atoms with Gasteiger partial charge < -0.3 is 0 Å². The van der Waals surface area contributed by atoms with Crippen LogP contribution in [0.4, 0.5) is 15.8 Å². The van der Waals surface area contributed by atoms with Crippen molar-refractivity contribution in [2.24, 2.45) is 10.2 Å². The van der Waals surface area contributed by atoms with Crippen LogP contribution in [0.25, 0.3) is 0 Å². The maximum Gasteiger partial charge on any atom is 0.123 e. The van der Waals surface area contributed by atoms with Gasteiger partial charge in [0, 0.05) is 3.57 Å². The van der Waals surface area contributed by atoms with Gasteiger partial charge in [-0.25, -0.2) is 4.39 Å². The zero-order chi connectivity index (χ0) is 11.4. The number of nitrogens with zero attached hydrogens (tertiary/aromatic N) is 2. The van der Waals surface area contributed by atoms with Crippen molar-refractivity contribution in [2.75, 3.05) is 0 Å². The minimum Gasteiger partial charge on any atom is -0.207 e. The molecule has 0 radical (unpaired) electrons. The van der Waals surface area contributed by atoms with Gasteiger partial charge in [0.1, 0.15) is 5.82 Å². The van der Waals surface area contributed by atoms with Crippen LogP contribution < -0.4 is 0 Å². The molecule has 0 bridgehead atoms. The molecular formula is C12H8FIN2. The zero-order valence-electron chi connectivity index (χ0n) is 8.27. The third-order valence-corrected chi connectivity index (χ3v) is 2.65. The van der Waals surface area contributed by atoms with Crippen LogP contribution in [0.15, 0.2) is 58.8 Å². The molecule has 0 N–H and O–H groups in total. The molecule has 2 aromatic rings. The topological polar surface area (TPSA) is 24.7 Å². The molecule has 0 saturated heterocycles. The Morgan fingerprint density at radius 2 is 1.19 bits per heavy atom. The van der Waals surface area contributed by atoms with Gasteiger partial charge in [-0.05, 0) is 71.1 Å². The number of hydrogen-bond donors (Lipinski definition) is 0. The van der Waals surface area contributed by atoms with Crippen LogP contribution in [0.1, 0.15) is 0 Å². The average Bonchev–Trinajstić information content (AvgIpc) is 2.30. The Labute approximate surface area is 106 Å². The summed E-state index contributed by atoms with van der Waals surface area (Å²) >= 11 is 2.23. The Balaban J connectivity index is 2.15. The molecule has 0 spiro atoms. The molecule has 2 aromatic carbocycles. The van der Waals surface area contributed by atoms with Gasteiger partial charge in [-0.3, -0.25) is 0 Å². The Kier molecular flexibility index (Phi) is 3.61. The predicted molar refractivity (Wildman–Crippen MR) is 69.7 cm³/mol. The molecule has 0 fully saturated rings. The number of benzene rings is 2. The van der Waals surface area contributed by atoms with Gasteiger partial charge in [0.2, 0.25) is 0 Å². The maximum absolute atomic E-state index is 12.6. The smallest absolute Gasteiger partial charge is 0.123 e. The molecule has 0 aromatic heterocycles. The molecular weight excluding hydrogens is 318 g/mol. The fourth-order valence-corrected chi connectivity index (χ4v) is 1.49. The SMILES string of the molecule is Fc1ccc(N=Nc2ccc(I)cc2)cc1.